The van der Waals surface area contributed by atoms with Crippen LogP contribution in [0.2, 0.25) is 0 Å². The van der Waals surface area contributed by atoms with Gasteiger partial charge in [0.15, 0.2) is 15.8 Å². The largest absolute Gasteiger partial charge is 0.454 e. The zero-order chi connectivity index (χ0) is 24.2. The molecule has 2 aliphatic heterocycles. The van der Waals surface area contributed by atoms with Crippen LogP contribution >= 0.6 is 24.0 Å². The molecule has 1 fully saturated rings. The smallest absolute Gasteiger partial charge is 0.416 e. The van der Waals surface area contributed by atoms with Crippen molar-refractivity contribution in [2.75, 3.05) is 11.7 Å². The Bertz CT molecular complexity index is 1380. The molecule has 0 saturated carbocycles. The van der Waals surface area contributed by atoms with E-state index in [1.54, 1.807) is 41.8 Å². The lowest BCUT2D eigenvalue weighted by Crippen LogP contribution is -2.27. The van der Waals surface area contributed by atoms with Crippen molar-refractivity contribution in [3.8, 4) is 17.2 Å². The van der Waals surface area contributed by atoms with Crippen LogP contribution in [0.15, 0.2) is 53.4 Å². The molecule has 0 atom stereocenters. The molecule has 5 nitrogen and oxygen atoms in total. The molecule has 174 valence electrons. The highest BCUT2D eigenvalue weighted by atomic mass is 32.2. The first-order valence-electron chi connectivity index (χ1n) is 10.2. The minimum Gasteiger partial charge on any atom is -0.454 e. The van der Waals surface area contributed by atoms with E-state index in [1.807, 2.05) is 13.0 Å². The summed E-state index contributed by atoms with van der Waals surface area (Å²) in [6.45, 7) is 3.73. The number of alkyl halides is 3. The normalized spacial score (nSPS) is 16.7. The van der Waals surface area contributed by atoms with Gasteiger partial charge in [0, 0.05) is 23.1 Å². The fraction of sp³-hybridized carbons (Fsp3) is 0.167. The zero-order valence-corrected chi connectivity index (χ0v) is 19.6. The van der Waals surface area contributed by atoms with Gasteiger partial charge in [-0.1, -0.05) is 30.0 Å². The van der Waals surface area contributed by atoms with E-state index in [-0.39, 0.29) is 12.7 Å². The average Bonchev–Trinajstić information content (AvgIpc) is 3.43. The highest BCUT2D eigenvalue weighted by Gasteiger charge is 2.35. The number of ether oxygens (including phenoxy) is 2. The summed E-state index contributed by atoms with van der Waals surface area (Å²) in [6.07, 6.45) is -2.71. The van der Waals surface area contributed by atoms with Gasteiger partial charge in [0.25, 0.3) is 5.91 Å². The van der Waals surface area contributed by atoms with E-state index in [0.29, 0.717) is 37.8 Å². The Hall–Kier alpha value is -3.24. The third kappa shape index (κ3) is 3.86. The number of carbonyl (C=O) groups excluding carboxylic acids is 1. The molecule has 1 aromatic heterocycles. The van der Waals surface area contributed by atoms with Gasteiger partial charge in [-0.15, -0.1) is 0 Å². The van der Waals surface area contributed by atoms with Crippen LogP contribution in [0.3, 0.4) is 0 Å². The second kappa shape index (κ2) is 8.21. The molecule has 0 N–H and O–H groups in total. The van der Waals surface area contributed by atoms with E-state index in [4.69, 9.17) is 21.7 Å². The van der Waals surface area contributed by atoms with E-state index < -0.39 is 11.7 Å². The van der Waals surface area contributed by atoms with Crippen LogP contribution in [-0.4, -0.2) is 21.6 Å². The van der Waals surface area contributed by atoms with Gasteiger partial charge in [-0.05, 0) is 61.9 Å². The Morgan fingerprint density at radius 2 is 1.79 bits per heavy atom. The lowest BCUT2D eigenvalue weighted by molar-refractivity contribution is -0.137. The number of benzene rings is 2. The Kier molecular flexibility index (Phi) is 5.44. The summed E-state index contributed by atoms with van der Waals surface area (Å²) in [4.78, 5) is 15.0. The van der Waals surface area contributed by atoms with E-state index in [1.165, 1.54) is 22.7 Å². The number of thioether (sulfide) groups is 1. The molecule has 2 aromatic carbocycles. The minimum atomic E-state index is -4.43. The van der Waals surface area contributed by atoms with E-state index in [9.17, 15) is 18.0 Å². The summed E-state index contributed by atoms with van der Waals surface area (Å²) in [5.74, 6) is 0.865. The first kappa shape index (κ1) is 22.5. The second-order valence-electron chi connectivity index (χ2n) is 7.76. The number of aryl methyl sites for hydroxylation is 1. The molecular weight excluding hydrogens is 485 g/mol. The van der Waals surface area contributed by atoms with Crippen LogP contribution in [0.5, 0.6) is 11.5 Å². The topological polar surface area (TPSA) is 43.7 Å². The van der Waals surface area contributed by atoms with Gasteiger partial charge in [0.05, 0.1) is 16.2 Å². The number of hydrogen-bond donors (Lipinski definition) is 0. The summed E-state index contributed by atoms with van der Waals surface area (Å²) < 4.78 is 52.4. The molecule has 0 radical (unpaired) electrons. The molecule has 0 spiro atoms. The SMILES string of the molecule is Cc1cc(/C=C2\SC(=S)N(c3ccc4c(c3)OCO4)C2=O)c(C)n1-c1cccc(C(F)(F)F)c1. The van der Waals surface area contributed by atoms with Crippen LogP contribution in [-0.2, 0) is 11.0 Å². The first-order chi connectivity index (χ1) is 16.1. The van der Waals surface area contributed by atoms with Gasteiger partial charge in [-0.2, -0.15) is 13.2 Å². The van der Waals surface area contributed by atoms with Crippen LogP contribution in [0.4, 0.5) is 18.9 Å². The number of anilines is 1. The number of carbonyl (C=O) groups is 1. The highest BCUT2D eigenvalue weighted by molar-refractivity contribution is 8.27. The van der Waals surface area contributed by atoms with Crippen molar-refractivity contribution in [1.82, 2.24) is 4.57 Å². The predicted molar refractivity (Wildman–Crippen MR) is 128 cm³/mol. The van der Waals surface area contributed by atoms with Gasteiger partial charge in [0.2, 0.25) is 6.79 Å². The Balaban J connectivity index is 1.48. The van der Waals surface area contributed by atoms with Crippen molar-refractivity contribution in [1.29, 1.82) is 0 Å². The van der Waals surface area contributed by atoms with E-state index in [2.05, 4.69) is 0 Å². The molecule has 0 bridgehead atoms. The molecule has 3 heterocycles. The number of halogens is 3. The van der Waals surface area contributed by atoms with Crippen molar-refractivity contribution in [3.63, 3.8) is 0 Å². The number of hydrogen-bond acceptors (Lipinski definition) is 5. The Morgan fingerprint density at radius 3 is 2.56 bits per heavy atom. The van der Waals surface area contributed by atoms with Crippen molar-refractivity contribution in [3.05, 3.63) is 76.0 Å². The number of nitrogens with zero attached hydrogens (tertiary/aromatic N) is 2. The van der Waals surface area contributed by atoms with Crippen LogP contribution in [0, 0.1) is 13.8 Å². The summed E-state index contributed by atoms with van der Waals surface area (Å²) in [5.41, 5.74) is 2.44. The molecule has 10 heteroatoms. The fourth-order valence-corrected chi connectivity index (χ4v) is 5.30. The third-order valence-corrected chi connectivity index (χ3v) is 6.90. The molecule has 0 aliphatic carbocycles. The summed E-state index contributed by atoms with van der Waals surface area (Å²) >= 11 is 6.62. The molecular formula is C24H17F3N2O3S2. The fourth-order valence-electron chi connectivity index (χ4n) is 4.01. The van der Waals surface area contributed by atoms with Gasteiger partial charge in [-0.3, -0.25) is 9.69 Å². The molecule has 1 saturated heterocycles. The predicted octanol–water partition coefficient (Wildman–Crippen LogP) is 6.25. The lowest BCUT2D eigenvalue weighted by atomic mass is 10.2. The summed E-state index contributed by atoms with van der Waals surface area (Å²) in [6, 6.07) is 12.2. The highest BCUT2D eigenvalue weighted by Crippen LogP contribution is 2.41. The minimum absolute atomic E-state index is 0.124. The maximum Gasteiger partial charge on any atom is 0.416 e. The number of aromatic nitrogens is 1. The van der Waals surface area contributed by atoms with Crippen molar-refractivity contribution < 1.29 is 27.4 Å². The number of amides is 1. The summed E-state index contributed by atoms with van der Waals surface area (Å²) in [5, 5.41) is 0. The molecule has 2 aliphatic rings. The molecule has 34 heavy (non-hydrogen) atoms. The zero-order valence-electron chi connectivity index (χ0n) is 18.0. The van der Waals surface area contributed by atoms with Crippen LogP contribution in [0.25, 0.3) is 11.8 Å². The number of fused-ring (bicyclic) bond motifs is 1. The molecule has 1 amide bonds. The summed E-state index contributed by atoms with van der Waals surface area (Å²) in [7, 11) is 0. The monoisotopic (exact) mass is 502 g/mol. The molecule has 3 aromatic rings. The maximum atomic E-state index is 13.2. The second-order valence-corrected chi connectivity index (χ2v) is 9.44. The third-order valence-electron chi connectivity index (χ3n) is 5.60. The number of thiocarbonyl (C=S) groups is 1. The average molecular weight is 503 g/mol. The molecule has 5 rings (SSSR count). The van der Waals surface area contributed by atoms with Crippen LogP contribution < -0.4 is 14.4 Å². The first-order valence-corrected chi connectivity index (χ1v) is 11.4. The van der Waals surface area contributed by atoms with Gasteiger partial charge < -0.3 is 14.0 Å². The van der Waals surface area contributed by atoms with Gasteiger partial charge in [0.1, 0.15) is 0 Å². The standard InChI is InChI=1S/C24H17F3N2O3S2/c1-13-8-15(14(2)28(13)17-5-3-4-16(10-17)24(25,26)27)9-21-22(30)29(23(33)34-21)18-6-7-19-20(11-18)32-12-31-19/h3-11H,12H2,1-2H3/b21-9-. The van der Waals surface area contributed by atoms with Gasteiger partial charge >= 0.3 is 6.18 Å². The lowest BCUT2D eigenvalue weighted by Gasteiger charge is -2.14. The Morgan fingerprint density at radius 1 is 1.03 bits per heavy atom. The molecule has 0 unspecified atom stereocenters. The van der Waals surface area contributed by atoms with Crippen molar-refractivity contribution in [2.45, 2.75) is 20.0 Å². The quantitative estimate of drug-likeness (QED) is 0.313. The van der Waals surface area contributed by atoms with Crippen molar-refractivity contribution >= 4 is 46.0 Å². The Labute approximate surface area is 202 Å². The maximum absolute atomic E-state index is 13.2. The van der Waals surface area contributed by atoms with Crippen molar-refractivity contribution in [2.24, 2.45) is 0 Å². The number of rotatable bonds is 3. The van der Waals surface area contributed by atoms with E-state index >= 15 is 0 Å². The van der Waals surface area contributed by atoms with E-state index in [0.717, 1.165) is 23.4 Å². The van der Waals surface area contributed by atoms with Crippen LogP contribution in [0.1, 0.15) is 22.5 Å². The van der Waals surface area contributed by atoms with Gasteiger partial charge in [-0.25, -0.2) is 0 Å².